The van der Waals surface area contributed by atoms with Gasteiger partial charge in [-0.25, -0.2) is 0 Å². The van der Waals surface area contributed by atoms with Crippen molar-refractivity contribution >= 4 is 13.1 Å². The summed E-state index contributed by atoms with van der Waals surface area (Å²) in [6.45, 7) is 12.6. The minimum atomic E-state index is -0.323. The predicted octanol–water partition coefficient (Wildman–Crippen LogP) is 3.15. The van der Waals surface area contributed by atoms with Crippen molar-refractivity contribution in [1.82, 2.24) is 0 Å². The molecule has 0 aromatic carbocycles. The Morgan fingerprint density at radius 2 is 1.90 bits per heavy atom. The Labute approximate surface area is 128 Å². The van der Waals surface area contributed by atoms with Gasteiger partial charge in [0.05, 0.1) is 23.7 Å². The van der Waals surface area contributed by atoms with Crippen molar-refractivity contribution in [2.24, 2.45) is 11.8 Å². The first-order valence-corrected chi connectivity index (χ1v) is 7.90. The Kier molecular flexibility index (Phi) is 4.55. The molecule has 0 N–H and O–H groups in total. The Bertz CT molecular complexity index is 426. The van der Waals surface area contributed by atoms with Crippen LogP contribution in [0.2, 0.25) is 0 Å². The SMILES string of the molecule is CCOC(=O)[C@@H]1CC=C(B2OC(C)(C)C(C)(C)O2)[C@@H](C)C1. The molecular weight excluding hydrogens is 267 g/mol. The summed E-state index contributed by atoms with van der Waals surface area (Å²) < 4.78 is 17.3. The van der Waals surface area contributed by atoms with Gasteiger partial charge in [0, 0.05) is 0 Å². The normalized spacial score (nSPS) is 31.0. The highest BCUT2D eigenvalue weighted by molar-refractivity contribution is 6.54. The van der Waals surface area contributed by atoms with Crippen LogP contribution in [0.3, 0.4) is 0 Å². The largest absolute Gasteiger partial charge is 0.490 e. The van der Waals surface area contributed by atoms with Gasteiger partial charge in [0.2, 0.25) is 0 Å². The number of carbonyl (C=O) groups is 1. The summed E-state index contributed by atoms with van der Waals surface area (Å²) in [6.07, 6.45) is 3.62. The van der Waals surface area contributed by atoms with E-state index in [4.69, 9.17) is 14.0 Å². The van der Waals surface area contributed by atoms with E-state index in [0.29, 0.717) is 13.0 Å². The summed E-state index contributed by atoms with van der Waals surface area (Å²) in [6, 6.07) is 0. The maximum Gasteiger partial charge on any atom is 0.490 e. The smallest absolute Gasteiger partial charge is 0.466 e. The zero-order chi connectivity index (χ0) is 15.8. The third kappa shape index (κ3) is 3.19. The first-order chi connectivity index (χ1) is 9.68. The molecule has 0 bridgehead atoms. The molecule has 2 aliphatic rings. The van der Waals surface area contributed by atoms with Gasteiger partial charge in [0.15, 0.2) is 0 Å². The number of hydrogen-bond acceptors (Lipinski definition) is 4. The summed E-state index contributed by atoms with van der Waals surface area (Å²) in [5.74, 6) is 0.141. The Morgan fingerprint density at radius 3 is 2.38 bits per heavy atom. The van der Waals surface area contributed by atoms with Crippen molar-refractivity contribution in [2.45, 2.75) is 65.6 Å². The topological polar surface area (TPSA) is 44.8 Å². The van der Waals surface area contributed by atoms with Crippen LogP contribution < -0.4 is 0 Å². The molecule has 0 unspecified atom stereocenters. The number of esters is 1. The van der Waals surface area contributed by atoms with Gasteiger partial charge in [-0.05, 0) is 58.9 Å². The average Bonchev–Trinajstić information content (AvgIpc) is 2.58. The highest BCUT2D eigenvalue weighted by atomic mass is 16.7. The average molecular weight is 294 g/mol. The monoisotopic (exact) mass is 294 g/mol. The predicted molar refractivity (Wildman–Crippen MR) is 82.7 cm³/mol. The minimum Gasteiger partial charge on any atom is -0.466 e. The summed E-state index contributed by atoms with van der Waals surface area (Å²) in [5, 5.41) is 0. The van der Waals surface area contributed by atoms with E-state index in [2.05, 4.69) is 40.7 Å². The van der Waals surface area contributed by atoms with Crippen LogP contribution in [0.15, 0.2) is 11.5 Å². The van der Waals surface area contributed by atoms with E-state index >= 15 is 0 Å². The molecule has 2 atom stereocenters. The maximum atomic E-state index is 11.9. The lowest BCUT2D eigenvalue weighted by atomic mass is 9.65. The third-order valence-corrected chi connectivity index (χ3v) is 4.99. The second-order valence-corrected chi connectivity index (χ2v) is 7.11. The molecule has 0 radical (unpaired) electrons. The van der Waals surface area contributed by atoms with Crippen molar-refractivity contribution in [3.05, 3.63) is 11.5 Å². The Morgan fingerprint density at radius 1 is 1.33 bits per heavy atom. The lowest BCUT2D eigenvalue weighted by molar-refractivity contribution is -0.148. The molecule has 1 saturated heterocycles. The summed E-state index contributed by atoms with van der Waals surface area (Å²) >= 11 is 0. The molecule has 0 aromatic rings. The van der Waals surface area contributed by atoms with E-state index in [1.807, 2.05) is 6.92 Å². The lowest BCUT2D eigenvalue weighted by Crippen LogP contribution is -2.41. The molecule has 1 heterocycles. The van der Waals surface area contributed by atoms with Gasteiger partial charge >= 0.3 is 13.1 Å². The first kappa shape index (κ1) is 16.6. The van der Waals surface area contributed by atoms with E-state index in [0.717, 1.165) is 11.9 Å². The van der Waals surface area contributed by atoms with Crippen LogP contribution in [0.5, 0.6) is 0 Å². The van der Waals surface area contributed by atoms with Crippen LogP contribution in [0.4, 0.5) is 0 Å². The second-order valence-electron chi connectivity index (χ2n) is 7.11. The number of ether oxygens (including phenoxy) is 1. The van der Waals surface area contributed by atoms with Gasteiger partial charge in [-0.2, -0.15) is 0 Å². The fraction of sp³-hybridized carbons (Fsp3) is 0.812. The van der Waals surface area contributed by atoms with Crippen molar-refractivity contribution in [3.63, 3.8) is 0 Å². The molecule has 1 aliphatic carbocycles. The lowest BCUT2D eigenvalue weighted by Gasteiger charge is -2.32. The van der Waals surface area contributed by atoms with Crippen LogP contribution in [0, 0.1) is 11.8 Å². The third-order valence-electron chi connectivity index (χ3n) is 4.99. The van der Waals surface area contributed by atoms with Crippen LogP contribution in [0.25, 0.3) is 0 Å². The molecule has 5 heteroatoms. The van der Waals surface area contributed by atoms with Gasteiger partial charge < -0.3 is 14.0 Å². The van der Waals surface area contributed by atoms with E-state index in [9.17, 15) is 4.79 Å². The molecular formula is C16H27BO4. The molecule has 0 saturated carbocycles. The molecule has 4 nitrogen and oxygen atoms in total. The van der Waals surface area contributed by atoms with Crippen LogP contribution >= 0.6 is 0 Å². The molecule has 118 valence electrons. The fourth-order valence-corrected chi connectivity index (χ4v) is 2.90. The van der Waals surface area contributed by atoms with E-state index in [-0.39, 0.29) is 36.1 Å². The fourth-order valence-electron chi connectivity index (χ4n) is 2.90. The minimum absolute atomic E-state index is 0.0360. The quantitative estimate of drug-likeness (QED) is 0.592. The van der Waals surface area contributed by atoms with Gasteiger partial charge in [-0.1, -0.05) is 13.0 Å². The van der Waals surface area contributed by atoms with Crippen molar-refractivity contribution in [1.29, 1.82) is 0 Å². The van der Waals surface area contributed by atoms with E-state index < -0.39 is 0 Å². The highest BCUT2D eigenvalue weighted by Crippen LogP contribution is 2.42. The van der Waals surface area contributed by atoms with Gasteiger partial charge in [-0.3, -0.25) is 4.79 Å². The van der Waals surface area contributed by atoms with Crippen LogP contribution in [-0.4, -0.2) is 30.9 Å². The first-order valence-electron chi connectivity index (χ1n) is 7.90. The number of rotatable bonds is 3. The summed E-state index contributed by atoms with van der Waals surface area (Å²) in [4.78, 5) is 11.9. The highest BCUT2D eigenvalue weighted by Gasteiger charge is 2.53. The molecule has 0 amide bonds. The van der Waals surface area contributed by atoms with Crippen molar-refractivity contribution in [2.75, 3.05) is 6.61 Å². The van der Waals surface area contributed by atoms with Gasteiger partial charge in [-0.15, -0.1) is 0 Å². The van der Waals surface area contributed by atoms with E-state index in [1.54, 1.807) is 0 Å². The molecule has 1 fully saturated rings. The van der Waals surface area contributed by atoms with Gasteiger partial charge in [0.1, 0.15) is 0 Å². The van der Waals surface area contributed by atoms with Crippen LogP contribution in [-0.2, 0) is 18.8 Å². The molecule has 0 aromatic heterocycles. The van der Waals surface area contributed by atoms with Gasteiger partial charge in [0.25, 0.3) is 0 Å². The van der Waals surface area contributed by atoms with Crippen molar-refractivity contribution in [3.8, 4) is 0 Å². The molecule has 0 spiro atoms. The van der Waals surface area contributed by atoms with Crippen LogP contribution in [0.1, 0.15) is 54.4 Å². The standard InChI is InChI=1S/C16H27BO4/c1-7-19-14(18)12-8-9-13(11(2)10-12)17-20-15(3,4)16(5,6)21-17/h9,11-12H,7-8,10H2,1-6H3/t11-,12+/m0/s1. The van der Waals surface area contributed by atoms with Crippen molar-refractivity contribution < 1.29 is 18.8 Å². The number of allylic oxidation sites excluding steroid dienone is 2. The Hall–Kier alpha value is -0.805. The van der Waals surface area contributed by atoms with E-state index in [1.165, 1.54) is 0 Å². The zero-order valence-corrected chi connectivity index (χ0v) is 14.1. The number of carbonyl (C=O) groups excluding carboxylic acids is 1. The summed E-state index contributed by atoms with van der Waals surface area (Å²) in [5.41, 5.74) is 0.515. The Balaban J connectivity index is 2.08. The molecule has 1 aliphatic heterocycles. The molecule has 21 heavy (non-hydrogen) atoms. The summed E-state index contributed by atoms with van der Waals surface area (Å²) in [7, 11) is -0.298. The number of hydrogen-bond donors (Lipinski definition) is 0. The maximum absolute atomic E-state index is 11.9. The molecule has 2 rings (SSSR count). The zero-order valence-electron chi connectivity index (χ0n) is 14.1. The second kappa shape index (κ2) is 5.77.